The van der Waals surface area contributed by atoms with Gasteiger partial charge in [-0.15, -0.1) is 0 Å². The maximum atomic E-state index is 12.6. The number of ether oxygens (including phenoxy) is 1. The van der Waals surface area contributed by atoms with Crippen LogP contribution in [0.5, 0.6) is 5.75 Å². The smallest absolute Gasteiger partial charge is 0.265 e. The molecule has 0 unspecified atom stereocenters. The zero-order valence-electron chi connectivity index (χ0n) is 15.6. The Morgan fingerprint density at radius 1 is 0.857 bits per heavy atom. The number of amides is 2. The topological polar surface area (TPSA) is 67.4 Å². The molecule has 0 aliphatic heterocycles. The van der Waals surface area contributed by atoms with E-state index in [1.165, 1.54) is 0 Å². The normalized spacial score (nSPS) is 11.3. The van der Waals surface area contributed by atoms with Crippen molar-refractivity contribution in [1.29, 1.82) is 0 Å². The van der Waals surface area contributed by atoms with Crippen molar-refractivity contribution >= 4 is 17.5 Å². The number of nitrogens with one attached hydrogen (secondary N) is 2. The van der Waals surface area contributed by atoms with E-state index < -0.39 is 6.10 Å². The maximum absolute atomic E-state index is 12.6. The molecule has 0 saturated carbocycles. The summed E-state index contributed by atoms with van der Waals surface area (Å²) in [6.07, 6.45) is -0.761. The van der Waals surface area contributed by atoms with Crippen LogP contribution >= 0.6 is 0 Å². The molecule has 0 spiro atoms. The molecule has 0 fully saturated rings. The lowest BCUT2D eigenvalue weighted by molar-refractivity contribution is -0.122. The first-order valence-corrected chi connectivity index (χ1v) is 9.07. The van der Waals surface area contributed by atoms with Crippen LogP contribution in [0.4, 0.5) is 5.69 Å². The summed E-state index contributed by atoms with van der Waals surface area (Å²) in [5.41, 5.74) is 2.08. The van der Waals surface area contributed by atoms with Gasteiger partial charge in [0.1, 0.15) is 5.75 Å². The van der Waals surface area contributed by atoms with Crippen LogP contribution in [-0.2, 0) is 11.3 Å². The molecular formula is C23H22N2O3. The van der Waals surface area contributed by atoms with E-state index in [1.54, 1.807) is 43.3 Å². The van der Waals surface area contributed by atoms with Crippen molar-refractivity contribution in [3.8, 4) is 5.75 Å². The molecule has 3 aromatic carbocycles. The second kappa shape index (κ2) is 9.37. The summed E-state index contributed by atoms with van der Waals surface area (Å²) in [6, 6.07) is 25.7. The number of carbonyl (C=O) groups excluding carboxylic acids is 2. The Hall–Kier alpha value is -3.60. The van der Waals surface area contributed by atoms with Crippen molar-refractivity contribution < 1.29 is 14.3 Å². The Kier molecular flexibility index (Phi) is 6.41. The minimum atomic E-state index is -0.761. The second-order valence-electron chi connectivity index (χ2n) is 6.28. The van der Waals surface area contributed by atoms with Crippen LogP contribution in [0.1, 0.15) is 22.8 Å². The molecule has 142 valence electrons. The van der Waals surface area contributed by atoms with Crippen LogP contribution in [0.15, 0.2) is 84.9 Å². The Morgan fingerprint density at radius 2 is 1.46 bits per heavy atom. The zero-order chi connectivity index (χ0) is 19.8. The van der Waals surface area contributed by atoms with Crippen molar-refractivity contribution in [2.45, 2.75) is 19.6 Å². The molecule has 0 heterocycles. The van der Waals surface area contributed by atoms with Crippen LogP contribution in [-0.4, -0.2) is 17.9 Å². The van der Waals surface area contributed by atoms with Gasteiger partial charge in [0.2, 0.25) is 0 Å². The SMILES string of the molecule is C[C@@H](Oc1ccccc1C(=O)NCc1ccccc1)C(=O)Nc1ccccc1. The highest BCUT2D eigenvalue weighted by Gasteiger charge is 2.19. The molecule has 0 aliphatic rings. The minimum Gasteiger partial charge on any atom is -0.480 e. The first-order valence-electron chi connectivity index (χ1n) is 9.07. The van der Waals surface area contributed by atoms with Gasteiger partial charge >= 0.3 is 0 Å². The Bertz CT molecular complexity index is 927. The molecule has 3 aromatic rings. The van der Waals surface area contributed by atoms with Crippen LogP contribution < -0.4 is 15.4 Å². The molecule has 28 heavy (non-hydrogen) atoms. The third-order valence-electron chi connectivity index (χ3n) is 4.14. The lowest BCUT2D eigenvalue weighted by Crippen LogP contribution is -2.31. The number of para-hydroxylation sites is 2. The molecule has 5 heteroatoms. The molecular weight excluding hydrogens is 352 g/mol. The van der Waals surface area contributed by atoms with Crippen molar-refractivity contribution in [1.82, 2.24) is 5.32 Å². The number of rotatable bonds is 7. The minimum absolute atomic E-state index is 0.255. The Balaban J connectivity index is 1.64. The lowest BCUT2D eigenvalue weighted by Gasteiger charge is -2.17. The summed E-state index contributed by atoms with van der Waals surface area (Å²) >= 11 is 0. The van der Waals surface area contributed by atoms with Gasteiger partial charge in [-0.1, -0.05) is 60.7 Å². The molecule has 0 radical (unpaired) electrons. The lowest BCUT2D eigenvalue weighted by atomic mass is 10.1. The molecule has 0 bridgehead atoms. The van der Waals surface area contributed by atoms with Crippen molar-refractivity contribution in [3.63, 3.8) is 0 Å². The Morgan fingerprint density at radius 3 is 2.18 bits per heavy atom. The van der Waals surface area contributed by atoms with Crippen LogP contribution in [0.2, 0.25) is 0 Å². The predicted molar refractivity (Wildman–Crippen MR) is 109 cm³/mol. The summed E-state index contributed by atoms with van der Waals surface area (Å²) in [7, 11) is 0. The van der Waals surface area contributed by atoms with E-state index in [9.17, 15) is 9.59 Å². The van der Waals surface area contributed by atoms with E-state index in [1.807, 2.05) is 48.5 Å². The number of anilines is 1. The van der Waals surface area contributed by atoms with Gasteiger partial charge < -0.3 is 15.4 Å². The van der Waals surface area contributed by atoms with Gasteiger partial charge in [0, 0.05) is 12.2 Å². The van der Waals surface area contributed by atoms with E-state index in [-0.39, 0.29) is 11.8 Å². The number of carbonyl (C=O) groups is 2. The highest BCUT2D eigenvalue weighted by Crippen LogP contribution is 2.20. The highest BCUT2D eigenvalue weighted by atomic mass is 16.5. The molecule has 3 rings (SSSR count). The monoisotopic (exact) mass is 374 g/mol. The molecule has 0 aromatic heterocycles. The third kappa shape index (κ3) is 5.20. The second-order valence-corrected chi connectivity index (χ2v) is 6.28. The Labute approximate surface area is 164 Å². The molecule has 1 atom stereocenters. The third-order valence-corrected chi connectivity index (χ3v) is 4.14. The average Bonchev–Trinajstić information content (AvgIpc) is 2.74. The van der Waals surface area contributed by atoms with E-state index in [0.29, 0.717) is 23.5 Å². The largest absolute Gasteiger partial charge is 0.480 e. The standard InChI is InChI=1S/C23H22N2O3/c1-17(22(26)25-19-12-6-3-7-13-19)28-21-15-9-8-14-20(21)23(27)24-16-18-10-4-2-5-11-18/h2-15,17H,16H2,1H3,(H,24,27)(H,25,26)/t17-/m1/s1. The van der Waals surface area contributed by atoms with Gasteiger partial charge in [0.15, 0.2) is 6.10 Å². The van der Waals surface area contributed by atoms with Crippen LogP contribution in [0.3, 0.4) is 0 Å². The quantitative estimate of drug-likeness (QED) is 0.656. The molecule has 5 nitrogen and oxygen atoms in total. The van der Waals surface area contributed by atoms with Gasteiger partial charge in [-0.3, -0.25) is 9.59 Å². The molecule has 0 saturated heterocycles. The van der Waals surface area contributed by atoms with Crippen LogP contribution in [0.25, 0.3) is 0 Å². The van der Waals surface area contributed by atoms with Gasteiger partial charge in [-0.25, -0.2) is 0 Å². The van der Waals surface area contributed by atoms with E-state index in [2.05, 4.69) is 10.6 Å². The maximum Gasteiger partial charge on any atom is 0.265 e. The van der Waals surface area contributed by atoms with Gasteiger partial charge in [-0.05, 0) is 36.8 Å². The summed E-state index contributed by atoms with van der Waals surface area (Å²) < 4.78 is 5.78. The van der Waals surface area contributed by atoms with E-state index in [0.717, 1.165) is 5.56 Å². The fourth-order valence-electron chi connectivity index (χ4n) is 2.64. The van der Waals surface area contributed by atoms with Crippen LogP contribution in [0, 0.1) is 0 Å². The van der Waals surface area contributed by atoms with Gasteiger partial charge in [-0.2, -0.15) is 0 Å². The number of hydrogen-bond acceptors (Lipinski definition) is 3. The summed E-state index contributed by atoms with van der Waals surface area (Å²) in [5, 5.41) is 5.67. The van der Waals surface area contributed by atoms with Crippen molar-refractivity contribution in [2.24, 2.45) is 0 Å². The fraction of sp³-hybridized carbons (Fsp3) is 0.130. The van der Waals surface area contributed by atoms with E-state index >= 15 is 0 Å². The van der Waals surface area contributed by atoms with Gasteiger partial charge in [0.05, 0.1) is 5.56 Å². The predicted octanol–water partition coefficient (Wildman–Crippen LogP) is 4.02. The first kappa shape index (κ1) is 19.2. The first-order chi connectivity index (χ1) is 13.6. The molecule has 0 aliphatic carbocycles. The summed E-state index contributed by atoms with van der Waals surface area (Å²) in [6.45, 7) is 2.06. The van der Waals surface area contributed by atoms with E-state index in [4.69, 9.17) is 4.74 Å². The highest BCUT2D eigenvalue weighted by molar-refractivity contribution is 5.97. The van der Waals surface area contributed by atoms with Crippen molar-refractivity contribution in [2.75, 3.05) is 5.32 Å². The zero-order valence-corrected chi connectivity index (χ0v) is 15.6. The molecule has 2 amide bonds. The fourth-order valence-corrected chi connectivity index (χ4v) is 2.64. The summed E-state index contributed by atoms with van der Waals surface area (Å²) in [5.74, 6) is -0.176. The van der Waals surface area contributed by atoms with Gasteiger partial charge in [0.25, 0.3) is 11.8 Å². The average molecular weight is 374 g/mol. The number of benzene rings is 3. The summed E-state index contributed by atoms with van der Waals surface area (Å²) in [4.78, 5) is 25.0. The van der Waals surface area contributed by atoms with Crippen molar-refractivity contribution in [3.05, 3.63) is 96.1 Å². The molecule has 2 N–H and O–H groups in total. The number of hydrogen-bond donors (Lipinski definition) is 2.